The quantitative estimate of drug-likeness (QED) is 0.208. The van der Waals surface area contributed by atoms with Crippen molar-refractivity contribution in [3.63, 3.8) is 0 Å². The largest absolute Gasteiger partial charge is 0.274 e. The third-order valence-electron chi connectivity index (χ3n) is 5.76. The highest BCUT2D eigenvalue weighted by Gasteiger charge is 2.35. The number of hydrogen-bond donors (Lipinski definition) is 0. The maximum Gasteiger partial charge on any atom is 0.273 e. The molecule has 0 bridgehead atoms. The first kappa shape index (κ1) is 25.8. The van der Waals surface area contributed by atoms with Crippen LogP contribution >= 0.6 is 22.6 Å². The van der Waals surface area contributed by atoms with Crippen LogP contribution in [0.4, 0.5) is 0 Å². The highest BCUT2D eigenvalue weighted by molar-refractivity contribution is 14.1. The molecule has 3 amide bonds. The van der Waals surface area contributed by atoms with Crippen molar-refractivity contribution >= 4 is 50.3 Å². The average Bonchev–Trinajstić information content (AvgIpc) is 3.12. The van der Waals surface area contributed by atoms with E-state index in [0.717, 1.165) is 14.8 Å². The zero-order chi connectivity index (χ0) is 25.9. The van der Waals surface area contributed by atoms with Crippen LogP contribution in [0.2, 0.25) is 0 Å². The van der Waals surface area contributed by atoms with Gasteiger partial charge in [0.25, 0.3) is 27.7 Å². The van der Waals surface area contributed by atoms with E-state index < -0.39 is 15.9 Å². The summed E-state index contributed by atoms with van der Waals surface area (Å²) in [5.74, 6) is -1.43. The van der Waals surface area contributed by atoms with Crippen LogP contribution in [0.1, 0.15) is 38.3 Å². The molecule has 0 saturated heterocycles. The molecule has 0 N–H and O–H groups in total. The van der Waals surface area contributed by atoms with Gasteiger partial charge in [-0.3, -0.25) is 19.3 Å². The second-order valence-electron chi connectivity index (χ2n) is 8.26. The summed E-state index contributed by atoms with van der Waals surface area (Å²) >= 11 is 1.80. The van der Waals surface area contributed by atoms with E-state index in [2.05, 4.69) is 0 Å². The minimum atomic E-state index is -4.14. The molecule has 3 aromatic rings. The maximum atomic E-state index is 13.5. The van der Waals surface area contributed by atoms with E-state index in [0.29, 0.717) is 16.7 Å². The molecule has 3 aromatic carbocycles. The van der Waals surface area contributed by atoms with Gasteiger partial charge in [-0.05, 0) is 65.8 Å². The van der Waals surface area contributed by atoms with Gasteiger partial charge in [0.2, 0.25) is 0 Å². The Labute approximate surface area is 223 Å². The van der Waals surface area contributed by atoms with E-state index in [4.69, 9.17) is 0 Å². The molecule has 0 aliphatic carbocycles. The van der Waals surface area contributed by atoms with Crippen LogP contribution < -0.4 is 0 Å². The van der Waals surface area contributed by atoms with Crippen LogP contribution in [-0.2, 0) is 21.4 Å². The van der Waals surface area contributed by atoms with Crippen molar-refractivity contribution in [3.05, 3.63) is 111 Å². The van der Waals surface area contributed by atoms with E-state index in [1.54, 1.807) is 89.3 Å². The standard InChI is InChI=1S/C27H23IN2O5S/c1-19-13-15-21(16-14-19)36(34,35)30(18-20-8-3-2-4-9-20)27(33)24(28)12-7-17-29-25(31)22-10-5-6-11-23(22)26(29)32/h2-6,8-16H,7,17-18H2,1H3/b24-12-. The SMILES string of the molecule is Cc1ccc(S(=O)(=O)N(Cc2ccccc2)C(=O)/C(I)=C/CCN2C(=O)c3ccccc3C2=O)cc1. The lowest BCUT2D eigenvalue weighted by Gasteiger charge is -2.23. The van der Waals surface area contributed by atoms with Crippen molar-refractivity contribution in [2.45, 2.75) is 24.8 Å². The first-order valence-electron chi connectivity index (χ1n) is 11.2. The van der Waals surface area contributed by atoms with Crippen LogP contribution in [0.5, 0.6) is 0 Å². The molecule has 0 fully saturated rings. The first-order valence-corrected chi connectivity index (χ1v) is 13.7. The van der Waals surface area contributed by atoms with Crippen molar-refractivity contribution in [1.82, 2.24) is 9.21 Å². The number of carbonyl (C=O) groups is 3. The fraction of sp³-hybridized carbons (Fsp3) is 0.148. The Balaban J connectivity index is 1.55. The summed E-state index contributed by atoms with van der Waals surface area (Å²) in [5.41, 5.74) is 2.28. The molecule has 0 atom stereocenters. The van der Waals surface area contributed by atoms with Gasteiger partial charge in [0.15, 0.2) is 0 Å². The number of amides is 3. The van der Waals surface area contributed by atoms with Crippen molar-refractivity contribution in [2.24, 2.45) is 0 Å². The Kier molecular flexibility index (Phi) is 7.70. The highest BCUT2D eigenvalue weighted by atomic mass is 127. The number of benzene rings is 3. The van der Waals surface area contributed by atoms with Gasteiger partial charge in [-0.15, -0.1) is 0 Å². The molecule has 1 heterocycles. The second-order valence-corrected chi connectivity index (χ2v) is 11.3. The second kappa shape index (κ2) is 10.8. The highest BCUT2D eigenvalue weighted by Crippen LogP contribution is 2.25. The summed E-state index contributed by atoms with van der Waals surface area (Å²) in [6, 6.07) is 21.8. The van der Waals surface area contributed by atoms with E-state index in [9.17, 15) is 22.8 Å². The zero-order valence-electron chi connectivity index (χ0n) is 19.4. The predicted molar refractivity (Wildman–Crippen MR) is 144 cm³/mol. The number of rotatable bonds is 8. The molecule has 184 valence electrons. The summed E-state index contributed by atoms with van der Waals surface area (Å²) in [5, 5.41) is 0. The Morgan fingerprint density at radius 2 is 1.44 bits per heavy atom. The number of sulfonamides is 1. The molecule has 36 heavy (non-hydrogen) atoms. The summed E-state index contributed by atoms with van der Waals surface area (Å²) in [6.07, 6.45) is 1.76. The third kappa shape index (κ3) is 5.26. The Morgan fingerprint density at radius 3 is 2.03 bits per heavy atom. The number of carbonyl (C=O) groups excluding carboxylic acids is 3. The maximum absolute atomic E-state index is 13.5. The number of aryl methyl sites for hydroxylation is 1. The molecule has 7 nitrogen and oxygen atoms in total. The van der Waals surface area contributed by atoms with Gasteiger partial charge in [-0.25, -0.2) is 12.7 Å². The Hall–Kier alpha value is -3.31. The molecule has 9 heteroatoms. The monoisotopic (exact) mass is 614 g/mol. The van der Waals surface area contributed by atoms with Crippen molar-refractivity contribution in [2.75, 3.05) is 6.54 Å². The predicted octanol–water partition coefficient (Wildman–Crippen LogP) is 4.72. The molecule has 1 aliphatic rings. The van der Waals surface area contributed by atoms with Crippen LogP contribution in [0.3, 0.4) is 0 Å². The number of nitrogens with zero attached hydrogens (tertiary/aromatic N) is 2. The Morgan fingerprint density at radius 1 is 0.889 bits per heavy atom. The molecule has 0 radical (unpaired) electrons. The third-order valence-corrected chi connectivity index (χ3v) is 8.41. The Bertz CT molecular complexity index is 1420. The molecule has 1 aliphatic heterocycles. The van der Waals surface area contributed by atoms with E-state index >= 15 is 0 Å². The molecule has 0 unspecified atom stereocenters. The topological polar surface area (TPSA) is 91.8 Å². The molecule has 4 rings (SSSR count). The molecular weight excluding hydrogens is 591 g/mol. The van der Waals surface area contributed by atoms with E-state index in [-0.39, 0.29) is 39.8 Å². The molecule has 0 spiro atoms. The van der Waals surface area contributed by atoms with Crippen LogP contribution in [0, 0.1) is 6.92 Å². The fourth-order valence-corrected chi connectivity index (χ4v) is 5.96. The molecular formula is C27H23IN2O5S. The van der Waals surface area contributed by atoms with Gasteiger partial charge < -0.3 is 0 Å². The lowest BCUT2D eigenvalue weighted by Crippen LogP contribution is -2.36. The minimum Gasteiger partial charge on any atom is -0.274 e. The first-order chi connectivity index (χ1) is 17.2. The normalized spacial score (nSPS) is 13.6. The van der Waals surface area contributed by atoms with Gasteiger partial charge in [-0.2, -0.15) is 0 Å². The van der Waals surface area contributed by atoms with Crippen LogP contribution in [0.25, 0.3) is 0 Å². The van der Waals surface area contributed by atoms with Crippen LogP contribution in [0.15, 0.2) is 93.4 Å². The number of fused-ring (bicyclic) bond motifs is 1. The molecule has 0 aromatic heterocycles. The fourth-order valence-electron chi connectivity index (χ4n) is 3.82. The van der Waals surface area contributed by atoms with E-state index in [1.807, 2.05) is 13.0 Å². The van der Waals surface area contributed by atoms with Crippen molar-refractivity contribution < 1.29 is 22.8 Å². The number of imide groups is 1. The zero-order valence-corrected chi connectivity index (χ0v) is 22.4. The van der Waals surface area contributed by atoms with Crippen LogP contribution in [-0.4, -0.2) is 41.9 Å². The summed E-state index contributed by atoms with van der Waals surface area (Å²) in [7, 11) is -4.14. The van der Waals surface area contributed by atoms with Crippen molar-refractivity contribution in [3.8, 4) is 0 Å². The lowest BCUT2D eigenvalue weighted by molar-refractivity contribution is -0.122. The van der Waals surface area contributed by atoms with Gasteiger partial charge >= 0.3 is 0 Å². The van der Waals surface area contributed by atoms with E-state index in [1.165, 1.54) is 12.1 Å². The van der Waals surface area contributed by atoms with Gasteiger partial charge in [0.05, 0.1) is 26.1 Å². The summed E-state index contributed by atoms with van der Waals surface area (Å²) in [6.45, 7) is 1.80. The number of hydrogen-bond acceptors (Lipinski definition) is 5. The minimum absolute atomic E-state index is 0.0209. The summed E-state index contributed by atoms with van der Waals surface area (Å²) < 4.78 is 28.0. The lowest BCUT2D eigenvalue weighted by atomic mass is 10.1. The summed E-state index contributed by atoms with van der Waals surface area (Å²) in [4.78, 5) is 39.7. The van der Waals surface area contributed by atoms with Gasteiger partial charge in [0, 0.05) is 6.54 Å². The molecule has 0 saturated carbocycles. The van der Waals surface area contributed by atoms with Crippen molar-refractivity contribution in [1.29, 1.82) is 0 Å². The average molecular weight is 614 g/mol. The number of halogens is 1. The smallest absolute Gasteiger partial charge is 0.273 e. The van der Waals surface area contributed by atoms with Gasteiger partial charge in [0.1, 0.15) is 0 Å². The van der Waals surface area contributed by atoms with Gasteiger partial charge in [-0.1, -0.05) is 66.2 Å².